The molecule has 0 aliphatic heterocycles. The molecule has 0 radical (unpaired) electrons. The third-order valence-corrected chi connectivity index (χ3v) is 3.82. The van der Waals surface area contributed by atoms with Gasteiger partial charge >= 0.3 is 0 Å². The largest absolute Gasteiger partial charge is 0.398 e. The van der Waals surface area contributed by atoms with Gasteiger partial charge in [0.05, 0.1) is 10.7 Å². The van der Waals surface area contributed by atoms with Crippen molar-refractivity contribution in [2.24, 2.45) is 0 Å². The average Bonchev–Trinajstić information content (AvgIpc) is 2.18. The van der Waals surface area contributed by atoms with E-state index in [4.69, 9.17) is 17.3 Å². The zero-order valence-electron chi connectivity index (χ0n) is 9.06. The van der Waals surface area contributed by atoms with Crippen LogP contribution in [0, 0.1) is 0 Å². The normalized spacial score (nSPS) is 21.5. The van der Waals surface area contributed by atoms with Crippen LogP contribution < -0.4 is 5.73 Å². The van der Waals surface area contributed by atoms with Crippen LogP contribution in [-0.4, -0.2) is 5.92 Å². The van der Waals surface area contributed by atoms with E-state index in [1.165, 1.54) is 0 Å². The monoisotopic (exact) mass is 245 g/mol. The summed E-state index contributed by atoms with van der Waals surface area (Å²) in [5, 5.41) is 0.473. The van der Waals surface area contributed by atoms with Gasteiger partial charge in [-0.25, -0.2) is 8.78 Å². The van der Waals surface area contributed by atoms with Gasteiger partial charge in [0.25, 0.3) is 0 Å². The van der Waals surface area contributed by atoms with Crippen molar-refractivity contribution in [2.75, 3.05) is 5.73 Å². The van der Waals surface area contributed by atoms with Gasteiger partial charge in [-0.2, -0.15) is 0 Å². The molecule has 1 aliphatic carbocycles. The van der Waals surface area contributed by atoms with Crippen LogP contribution in [0.4, 0.5) is 14.5 Å². The Hall–Kier alpha value is -0.830. The third-order valence-electron chi connectivity index (χ3n) is 3.48. The molecule has 1 aromatic carbocycles. The van der Waals surface area contributed by atoms with E-state index in [0.717, 1.165) is 5.56 Å². The number of benzene rings is 1. The van der Waals surface area contributed by atoms with E-state index in [2.05, 4.69) is 0 Å². The minimum atomic E-state index is -2.52. The molecule has 0 heterocycles. The molecule has 1 saturated carbocycles. The highest BCUT2D eigenvalue weighted by molar-refractivity contribution is 6.33. The van der Waals surface area contributed by atoms with Gasteiger partial charge in [0.2, 0.25) is 5.92 Å². The number of alkyl halides is 2. The van der Waals surface area contributed by atoms with Crippen molar-refractivity contribution in [1.82, 2.24) is 0 Å². The van der Waals surface area contributed by atoms with Gasteiger partial charge in [-0.3, -0.25) is 0 Å². The highest BCUT2D eigenvalue weighted by atomic mass is 35.5. The maximum absolute atomic E-state index is 13.0. The van der Waals surface area contributed by atoms with Crippen LogP contribution in [0.3, 0.4) is 0 Å². The molecule has 1 aliphatic rings. The van der Waals surface area contributed by atoms with Crippen LogP contribution in [-0.2, 0) is 5.41 Å². The fourth-order valence-electron chi connectivity index (χ4n) is 2.47. The number of rotatable bonds is 2. The van der Waals surface area contributed by atoms with E-state index in [1.807, 2.05) is 6.92 Å². The van der Waals surface area contributed by atoms with E-state index in [-0.39, 0.29) is 12.8 Å². The van der Waals surface area contributed by atoms with E-state index in [0.29, 0.717) is 17.1 Å². The van der Waals surface area contributed by atoms with Gasteiger partial charge in [0, 0.05) is 18.3 Å². The number of hydrogen-bond donors (Lipinski definition) is 1. The average molecular weight is 246 g/mol. The zero-order valence-corrected chi connectivity index (χ0v) is 9.82. The molecule has 0 amide bonds. The number of hydrogen-bond acceptors (Lipinski definition) is 1. The summed E-state index contributed by atoms with van der Waals surface area (Å²) in [6.45, 7) is 1.93. The molecule has 16 heavy (non-hydrogen) atoms. The second-order valence-corrected chi connectivity index (χ2v) is 4.99. The van der Waals surface area contributed by atoms with E-state index in [9.17, 15) is 8.78 Å². The standard InChI is InChI=1S/C12H14ClF2N/c1-2-11(6-12(14,15)7-11)8-3-4-9(13)10(16)5-8/h3-5H,2,6-7,16H2,1H3. The highest BCUT2D eigenvalue weighted by Gasteiger charge is 2.56. The minimum absolute atomic E-state index is 0.0857. The summed E-state index contributed by atoms with van der Waals surface area (Å²) in [6, 6.07) is 5.21. The van der Waals surface area contributed by atoms with Crippen molar-refractivity contribution in [3.05, 3.63) is 28.8 Å². The Balaban J connectivity index is 2.32. The smallest absolute Gasteiger partial charge is 0.249 e. The second kappa shape index (κ2) is 3.59. The third kappa shape index (κ3) is 1.77. The SMILES string of the molecule is CCC1(c2ccc(Cl)c(N)c2)CC(F)(F)C1. The predicted molar refractivity (Wildman–Crippen MR) is 62.0 cm³/mol. The van der Waals surface area contributed by atoms with Crippen LogP contribution in [0.5, 0.6) is 0 Å². The molecule has 0 spiro atoms. The van der Waals surface area contributed by atoms with Crippen LogP contribution >= 0.6 is 11.6 Å². The predicted octanol–water partition coefficient (Wildman–Crippen LogP) is 4.00. The number of nitrogens with two attached hydrogens (primary N) is 1. The summed E-state index contributed by atoms with van der Waals surface area (Å²) < 4.78 is 26.1. The molecular weight excluding hydrogens is 232 g/mol. The molecule has 2 N–H and O–H groups in total. The Kier molecular flexibility index (Phi) is 2.61. The Morgan fingerprint density at radius 1 is 1.38 bits per heavy atom. The molecule has 2 rings (SSSR count). The summed E-state index contributed by atoms with van der Waals surface area (Å²) in [5.41, 5.74) is 6.62. The van der Waals surface area contributed by atoms with Gasteiger partial charge in [-0.1, -0.05) is 24.6 Å². The second-order valence-electron chi connectivity index (χ2n) is 4.58. The van der Waals surface area contributed by atoms with Gasteiger partial charge in [0.1, 0.15) is 0 Å². The van der Waals surface area contributed by atoms with Crippen LogP contribution in [0.25, 0.3) is 0 Å². The maximum atomic E-state index is 13.0. The molecule has 0 atom stereocenters. The fourth-order valence-corrected chi connectivity index (χ4v) is 2.59. The molecule has 1 aromatic rings. The van der Waals surface area contributed by atoms with Crippen molar-refractivity contribution in [1.29, 1.82) is 0 Å². The van der Waals surface area contributed by atoms with Crippen LogP contribution in [0.1, 0.15) is 31.7 Å². The van der Waals surface area contributed by atoms with Crippen molar-refractivity contribution in [3.8, 4) is 0 Å². The molecule has 4 heteroatoms. The lowest BCUT2D eigenvalue weighted by Crippen LogP contribution is -2.48. The van der Waals surface area contributed by atoms with Gasteiger partial charge < -0.3 is 5.73 Å². The maximum Gasteiger partial charge on any atom is 0.249 e. The molecule has 88 valence electrons. The van der Waals surface area contributed by atoms with E-state index < -0.39 is 11.3 Å². The first-order chi connectivity index (χ1) is 7.38. The van der Waals surface area contributed by atoms with Crippen LogP contribution in [0.2, 0.25) is 5.02 Å². The lowest BCUT2D eigenvalue weighted by atomic mass is 9.60. The first-order valence-corrected chi connectivity index (χ1v) is 5.70. The Morgan fingerprint density at radius 3 is 2.44 bits per heavy atom. The van der Waals surface area contributed by atoms with Crippen molar-refractivity contribution in [2.45, 2.75) is 37.5 Å². The number of halogens is 3. The van der Waals surface area contributed by atoms with Gasteiger partial charge in [0.15, 0.2) is 0 Å². The first kappa shape index (κ1) is 11.6. The summed E-state index contributed by atoms with van der Waals surface area (Å²) in [7, 11) is 0. The molecule has 0 unspecified atom stereocenters. The van der Waals surface area contributed by atoms with Crippen molar-refractivity contribution < 1.29 is 8.78 Å². The minimum Gasteiger partial charge on any atom is -0.398 e. The number of nitrogen functional groups attached to an aromatic ring is 1. The number of anilines is 1. The molecule has 0 saturated heterocycles. The highest BCUT2D eigenvalue weighted by Crippen LogP contribution is 2.55. The molecule has 0 bridgehead atoms. The Bertz CT molecular complexity index is 409. The van der Waals surface area contributed by atoms with E-state index >= 15 is 0 Å². The summed E-state index contributed by atoms with van der Waals surface area (Å²) in [4.78, 5) is 0. The van der Waals surface area contributed by atoms with Gasteiger partial charge in [-0.15, -0.1) is 0 Å². The quantitative estimate of drug-likeness (QED) is 0.783. The van der Waals surface area contributed by atoms with Crippen molar-refractivity contribution >= 4 is 17.3 Å². The molecule has 1 nitrogen and oxygen atoms in total. The van der Waals surface area contributed by atoms with Crippen LogP contribution in [0.15, 0.2) is 18.2 Å². The summed E-state index contributed by atoms with van der Waals surface area (Å²) >= 11 is 5.82. The molecular formula is C12H14ClF2N. The Morgan fingerprint density at radius 2 is 2.00 bits per heavy atom. The van der Waals surface area contributed by atoms with Gasteiger partial charge in [-0.05, 0) is 24.1 Å². The summed E-state index contributed by atoms with van der Waals surface area (Å²) in [6.07, 6.45) is 0.527. The van der Waals surface area contributed by atoms with E-state index in [1.54, 1.807) is 18.2 Å². The zero-order chi connectivity index (χ0) is 12.0. The summed E-state index contributed by atoms with van der Waals surface area (Å²) in [5.74, 6) is -2.52. The van der Waals surface area contributed by atoms with Crippen molar-refractivity contribution in [3.63, 3.8) is 0 Å². The lowest BCUT2D eigenvalue weighted by Gasteiger charge is -2.47. The lowest BCUT2D eigenvalue weighted by molar-refractivity contribution is -0.128. The first-order valence-electron chi connectivity index (χ1n) is 5.32. The fraction of sp³-hybridized carbons (Fsp3) is 0.500. The topological polar surface area (TPSA) is 26.0 Å². The molecule has 1 fully saturated rings. The molecule has 0 aromatic heterocycles. The Labute approximate surface area is 98.6 Å².